The predicted octanol–water partition coefficient (Wildman–Crippen LogP) is 7.13. The van der Waals surface area contributed by atoms with Crippen LogP contribution in [0.4, 0.5) is 5.69 Å². The second-order valence-electron chi connectivity index (χ2n) is 8.70. The Kier molecular flexibility index (Phi) is 7.78. The summed E-state index contributed by atoms with van der Waals surface area (Å²) in [6.07, 6.45) is 0. The van der Waals surface area contributed by atoms with Gasteiger partial charge in [-0.3, -0.25) is 10.1 Å². The van der Waals surface area contributed by atoms with Gasteiger partial charge in [-0.1, -0.05) is 50.2 Å². The second-order valence-corrected chi connectivity index (χ2v) is 9.96. The van der Waals surface area contributed by atoms with Crippen molar-refractivity contribution in [3.63, 3.8) is 0 Å². The maximum atomic E-state index is 13.3. The molecule has 0 bridgehead atoms. The molecule has 5 nitrogen and oxygen atoms in total. The number of nitrogens with zero attached hydrogens (tertiary/aromatic N) is 1. The number of nitrogens with one attached hydrogen (secondary N) is 2. The fourth-order valence-corrected chi connectivity index (χ4v) is 4.36. The highest BCUT2D eigenvalue weighted by atomic mass is 79.9. The Labute approximate surface area is 219 Å². The summed E-state index contributed by atoms with van der Waals surface area (Å²) in [6, 6.07) is 23.0. The summed E-state index contributed by atoms with van der Waals surface area (Å²) in [4.78, 5) is 18.1. The quantitative estimate of drug-likeness (QED) is 0.251. The first-order chi connectivity index (χ1) is 16.8. The third kappa shape index (κ3) is 6.24. The van der Waals surface area contributed by atoms with Gasteiger partial charge in [0.25, 0.3) is 5.91 Å². The number of anilines is 1. The minimum Gasteiger partial charge on any atom is -0.493 e. The Balaban J connectivity index is 1.63. The molecule has 2 N–H and O–H groups in total. The van der Waals surface area contributed by atoms with Crippen LogP contribution in [0.1, 0.15) is 29.8 Å². The summed E-state index contributed by atoms with van der Waals surface area (Å²) < 4.78 is 6.75. The summed E-state index contributed by atoms with van der Waals surface area (Å²) in [6.45, 7) is 6.85. The van der Waals surface area contributed by atoms with Crippen molar-refractivity contribution < 1.29 is 9.53 Å². The molecule has 4 aromatic rings. The Morgan fingerprint density at radius 2 is 1.86 bits per heavy atom. The number of rotatable bonds is 6. The van der Waals surface area contributed by atoms with Crippen LogP contribution >= 0.6 is 28.1 Å². The summed E-state index contributed by atoms with van der Waals surface area (Å²) in [5.74, 6) is 0.884. The number of halogens is 1. The van der Waals surface area contributed by atoms with Crippen molar-refractivity contribution in [2.45, 2.75) is 20.8 Å². The smallest absolute Gasteiger partial charge is 0.258 e. The molecule has 1 heterocycles. The van der Waals surface area contributed by atoms with Gasteiger partial charge >= 0.3 is 0 Å². The average Bonchev–Trinajstić information content (AvgIpc) is 2.84. The van der Waals surface area contributed by atoms with E-state index in [0.29, 0.717) is 23.8 Å². The highest BCUT2D eigenvalue weighted by Gasteiger charge is 2.16. The molecule has 0 saturated heterocycles. The van der Waals surface area contributed by atoms with Crippen LogP contribution in [0.5, 0.6) is 5.75 Å². The SMILES string of the molecule is Cc1ccc(NC(=S)NC(=O)c2cc(-c3cccc(OCC(C)C)c3)nc3ccccc23)c(Br)c1. The summed E-state index contributed by atoms with van der Waals surface area (Å²) in [7, 11) is 0. The number of hydrogen-bond acceptors (Lipinski definition) is 4. The monoisotopic (exact) mass is 547 g/mol. The first kappa shape index (κ1) is 24.8. The molecule has 0 fully saturated rings. The topological polar surface area (TPSA) is 63.2 Å². The fourth-order valence-electron chi connectivity index (χ4n) is 3.56. The number of carbonyl (C=O) groups is 1. The molecule has 4 rings (SSSR count). The number of hydrogen-bond donors (Lipinski definition) is 2. The highest BCUT2D eigenvalue weighted by molar-refractivity contribution is 9.10. The third-order valence-electron chi connectivity index (χ3n) is 5.27. The minimum atomic E-state index is -0.308. The molecular weight excluding hydrogens is 522 g/mol. The van der Waals surface area contributed by atoms with Crippen molar-refractivity contribution in [2.24, 2.45) is 5.92 Å². The number of para-hydroxylation sites is 1. The van der Waals surface area contributed by atoms with E-state index in [1.807, 2.05) is 73.7 Å². The lowest BCUT2D eigenvalue weighted by molar-refractivity contribution is 0.0979. The van der Waals surface area contributed by atoms with E-state index in [4.69, 9.17) is 21.9 Å². The van der Waals surface area contributed by atoms with Crippen LogP contribution in [0.15, 0.2) is 77.3 Å². The van der Waals surface area contributed by atoms with E-state index in [0.717, 1.165) is 37.9 Å². The Morgan fingerprint density at radius 1 is 1.06 bits per heavy atom. The largest absolute Gasteiger partial charge is 0.493 e. The highest BCUT2D eigenvalue weighted by Crippen LogP contribution is 2.28. The number of pyridine rings is 1. The second kappa shape index (κ2) is 11.0. The van der Waals surface area contributed by atoms with Crippen LogP contribution in [0.25, 0.3) is 22.2 Å². The van der Waals surface area contributed by atoms with E-state index in [1.54, 1.807) is 6.07 Å². The normalized spacial score (nSPS) is 10.9. The minimum absolute atomic E-state index is 0.214. The number of thiocarbonyl (C=S) groups is 1. The van der Waals surface area contributed by atoms with Crippen molar-refractivity contribution in [1.29, 1.82) is 0 Å². The van der Waals surface area contributed by atoms with Gasteiger partial charge in [-0.2, -0.15) is 0 Å². The Bertz CT molecular complexity index is 1400. The lowest BCUT2D eigenvalue weighted by atomic mass is 10.0. The molecule has 0 unspecified atom stereocenters. The number of fused-ring (bicyclic) bond motifs is 1. The molecule has 0 aliphatic rings. The predicted molar refractivity (Wildman–Crippen MR) is 150 cm³/mol. The van der Waals surface area contributed by atoms with Crippen LogP contribution in [0.2, 0.25) is 0 Å². The first-order valence-electron chi connectivity index (χ1n) is 11.3. The molecule has 7 heteroatoms. The number of aromatic nitrogens is 1. The molecule has 0 radical (unpaired) electrons. The van der Waals surface area contributed by atoms with Gasteiger partial charge < -0.3 is 10.1 Å². The van der Waals surface area contributed by atoms with Gasteiger partial charge in [0, 0.05) is 15.4 Å². The Hall–Kier alpha value is -3.29. The number of benzene rings is 3. The van der Waals surface area contributed by atoms with Gasteiger partial charge in [0.15, 0.2) is 5.11 Å². The fraction of sp³-hybridized carbons (Fsp3) is 0.179. The number of carbonyl (C=O) groups excluding carboxylic acids is 1. The first-order valence-corrected chi connectivity index (χ1v) is 12.5. The lowest BCUT2D eigenvalue weighted by Crippen LogP contribution is -2.34. The van der Waals surface area contributed by atoms with E-state index in [1.165, 1.54) is 0 Å². The molecule has 35 heavy (non-hydrogen) atoms. The van der Waals surface area contributed by atoms with Crippen LogP contribution in [-0.4, -0.2) is 22.6 Å². The van der Waals surface area contributed by atoms with Gasteiger partial charge in [-0.05, 0) is 83.0 Å². The number of amides is 1. The number of aryl methyl sites for hydroxylation is 1. The van der Waals surface area contributed by atoms with E-state index >= 15 is 0 Å². The zero-order chi connectivity index (χ0) is 24.9. The van der Waals surface area contributed by atoms with Gasteiger partial charge in [0.1, 0.15) is 5.75 Å². The van der Waals surface area contributed by atoms with Crippen LogP contribution < -0.4 is 15.4 Å². The molecule has 1 amide bonds. The van der Waals surface area contributed by atoms with Crippen molar-refractivity contribution in [3.8, 4) is 17.0 Å². The number of ether oxygens (including phenoxy) is 1. The van der Waals surface area contributed by atoms with Crippen molar-refractivity contribution in [1.82, 2.24) is 10.3 Å². The molecule has 1 aromatic heterocycles. The molecule has 178 valence electrons. The zero-order valence-electron chi connectivity index (χ0n) is 19.8. The van der Waals surface area contributed by atoms with Crippen LogP contribution in [0, 0.1) is 12.8 Å². The zero-order valence-corrected chi connectivity index (χ0v) is 22.2. The lowest BCUT2D eigenvalue weighted by Gasteiger charge is -2.14. The standard InChI is InChI=1S/C28H26BrN3O2S/c1-17(2)16-34-20-8-6-7-19(14-20)26-15-22(21-9-4-5-10-24(21)30-26)27(33)32-28(35)31-25-12-11-18(3)13-23(25)29/h4-15,17H,16H2,1-3H3,(H2,31,32,33,35). The maximum Gasteiger partial charge on any atom is 0.258 e. The summed E-state index contributed by atoms with van der Waals surface area (Å²) in [5.41, 5.74) is 4.67. The van der Waals surface area contributed by atoms with Crippen molar-refractivity contribution >= 4 is 55.8 Å². The summed E-state index contributed by atoms with van der Waals surface area (Å²) >= 11 is 8.95. The summed E-state index contributed by atoms with van der Waals surface area (Å²) in [5, 5.41) is 6.86. The van der Waals surface area contributed by atoms with Gasteiger partial charge in [0.05, 0.1) is 29.1 Å². The van der Waals surface area contributed by atoms with E-state index in [-0.39, 0.29) is 11.0 Å². The molecule has 0 spiro atoms. The maximum absolute atomic E-state index is 13.3. The van der Waals surface area contributed by atoms with Crippen LogP contribution in [0.3, 0.4) is 0 Å². The third-order valence-corrected chi connectivity index (χ3v) is 6.13. The Morgan fingerprint density at radius 3 is 2.63 bits per heavy atom. The van der Waals surface area contributed by atoms with Gasteiger partial charge in [-0.15, -0.1) is 0 Å². The molecule has 3 aromatic carbocycles. The van der Waals surface area contributed by atoms with Crippen molar-refractivity contribution in [2.75, 3.05) is 11.9 Å². The molecular formula is C28H26BrN3O2S. The molecule has 0 aliphatic carbocycles. The molecule has 0 saturated carbocycles. The average molecular weight is 549 g/mol. The molecule has 0 aliphatic heterocycles. The molecule has 0 atom stereocenters. The van der Waals surface area contributed by atoms with Crippen molar-refractivity contribution in [3.05, 3.63) is 88.4 Å². The van der Waals surface area contributed by atoms with Crippen LogP contribution in [-0.2, 0) is 0 Å². The van der Waals surface area contributed by atoms with E-state index < -0.39 is 0 Å². The van der Waals surface area contributed by atoms with E-state index in [2.05, 4.69) is 40.4 Å². The van der Waals surface area contributed by atoms with Gasteiger partial charge in [0.2, 0.25) is 0 Å². The van der Waals surface area contributed by atoms with Gasteiger partial charge in [-0.25, -0.2) is 4.98 Å². The van der Waals surface area contributed by atoms with E-state index in [9.17, 15) is 4.79 Å².